The molecule has 0 saturated heterocycles. The number of methoxy groups -OCH3 is 1. The molecular formula is C14H11Cl2N3O3. The molecule has 1 aromatic heterocycles. The third-order valence-electron chi connectivity index (χ3n) is 2.74. The fourth-order valence-electron chi connectivity index (χ4n) is 1.61. The molecule has 0 spiro atoms. The quantitative estimate of drug-likeness (QED) is 0.864. The first-order valence-electron chi connectivity index (χ1n) is 6.13. The van der Waals surface area contributed by atoms with Gasteiger partial charge in [-0.2, -0.15) is 0 Å². The first-order chi connectivity index (χ1) is 10.5. The van der Waals surface area contributed by atoms with Crippen LogP contribution in [0.15, 0.2) is 30.6 Å². The van der Waals surface area contributed by atoms with Crippen molar-refractivity contribution in [3.05, 3.63) is 46.3 Å². The molecule has 2 rings (SSSR count). The zero-order valence-corrected chi connectivity index (χ0v) is 13.0. The van der Waals surface area contributed by atoms with E-state index in [4.69, 9.17) is 23.2 Å². The van der Waals surface area contributed by atoms with Crippen molar-refractivity contribution in [2.24, 2.45) is 0 Å². The molecule has 0 aliphatic heterocycles. The molecule has 0 fully saturated rings. The van der Waals surface area contributed by atoms with Crippen LogP contribution in [0, 0.1) is 0 Å². The molecular weight excluding hydrogens is 329 g/mol. The second-order valence-electron chi connectivity index (χ2n) is 4.18. The average Bonchev–Trinajstić information content (AvgIpc) is 2.54. The van der Waals surface area contributed by atoms with Gasteiger partial charge in [0, 0.05) is 5.56 Å². The van der Waals surface area contributed by atoms with E-state index in [1.54, 1.807) is 18.2 Å². The number of benzene rings is 1. The number of carbonyl (C=O) groups is 2. The van der Waals surface area contributed by atoms with Gasteiger partial charge in [0.15, 0.2) is 0 Å². The number of carbonyl (C=O) groups excluding carboxylic acids is 2. The lowest BCUT2D eigenvalue weighted by atomic mass is 10.1. The van der Waals surface area contributed by atoms with Crippen molar-refractivity contribution in [3.8, 4) is 11.3 Å². The minimum Gasteiger partial charge on any atom is -0.468 e. The fourth-order valence-corrected chi connectivity index (χ4v) is 1.91. The van der Waals surface area contributed by atoms with Crippen molar-refractivity contribution in [1.29, 1.82) is 0 Å². The van der Waals surface area contributed by atoms with Gasteiger partial charge in [-0.05, 0) is 18.2 Å². The van der Waals surface area contributed by atoms with Crippen LogP contribution >= 0.6 is 23.2 Å². The molecule has 1 amide bonds. The van der Waals surface area contributed by atoms with Gasteiger partial charge in [-0.3, -0.25) is 9.59 Å². The van der Waals surface area contributed by atoms with E-state index in [1.165, 1.54) is 19.5 Å². The smallest absolute Gasteiger partial charge is 0.325 e. The lowest BCUT2D eigenvalue weighted by molar-refractivity contribution is -0.139. The number of ether oxygens (including phenoxy) is 1. The Balaban J connectivity index is 2.20. The Hall–Kier alpha value is -2.18. The van der Waals surface area contributed by atoms with E-state index >= 15 is 0 Å². The normalized spacial score (nSPS) is 10.1. The Labute approximate surface area is 136 Å². The van der Waals surface area contributed by atoms with Crippen LogP contribution in [-0.4, -0.2) is 35.5 Å². The summed E-state index contributed by atoms with van der Waals surface area (Å²) in [5, 5.41) is 3.21. The second kappa shape index (κ2) is 7.20. The van der Waals surface area contributed by atoms with Crippen molar-refractivity contribution in [2.75, 3.05) is 13.7 Å². The molecule has 0 radical (unpaired) electrons. The summed E-state index contributed by atoms with van der Waals surface area (Å²) in [5.41, 5.74) is 1.33. The second-order valence-corrected chi connectivity index (χ2v) is 4.99. The topological polar surface area (TPSA) is 81.2 Å². The van der Waals surface area contributed by atoms with E-state index in [9.17, 15) is 9.59 Å². The Morgan fingerprint density at radius 3 is 2.64 bits per heavy atom. The van der Waals surface area contributed by atoms with Crippen molar-refractivity contribution in [2.45, 2.75) is 0 Å². The van der Waals surface area contributed by atoms with Crippen molar-refractivity contribution >= 4 is 35.1 Å². The van der Waals surface area contributed by atoms with Gasteiger partial charge in [-0.1, -0.05) is 29.3 Å². The zero-order chi connectivity index (χ0) is 16.1. The number of hydrogen-bond donors (Lipinski definition) is 1. The highest BCUT2D eigenvalue weighted by Gasteiger charge is 2.12. The molecule has 1 heterocycles. The highest BCUT2D eigenvalue weighted by Crippen LogP contribution is 2.27. The number of esters is 1. The predicted octanol–water partition coefficient (Wildman–Crippen LogP) is 2.35. The molecule has 114 valence electrons. The molecule has 1 aromatic carbocycles. The number of nitrogens with one attached hydrogen (secondary N) is 1. The maximum atomic E-state index is 11.9. The zero-order valence-electron chi connectivity index (χ0n) is 11.5. The van der Waals surface area contributed by atoms with Crippen LogP contribution in [0.2, 0.25) is 10.0 Å². The van der Waals surface area contributed by atoms with Gasteiger partial charge in [0.2, 0.25) is 0 Å². The van der Waals surface area contributed by atoms with Gasteiger partial charge in [-0.25, -0.2) is 9.97 Å². The molecule has 22 heavy (non-hydrogen) atoms. The maximum absolute atomic E-state index is 11.9. The Kier molecular flexibility index (Phi) is 5.30. The van der Waals surface area contributed by atoms with E-state index in [-0.39, 0.29) is 12.2 Å². The molecule has 0 unspecified atom stereocenters. The lowest BCUT2D eigenvalue weighted by Crippen LogP contribution is -2.30. The summed E-state index contributed by atoms with van der Waals surface area (Å²) in [7, 11) is 1.24. The number of hydrogen-bond acceptors (Lipinski definition) is 5. The molecule has 0 aliphatic rings. The first-order valence-corrected chi connectivity index (χ1v) is 6.89. The number of aromatic nitrogens is 2. The summed E-state index contributed by atoms with van der Waals surface area (Å²) in [4.78, 5) is 30.9. The summed E-state index contributed by atoms with van der Waals surface area (Å²) < 4.78 is 4.44. The van der Waals surface area contributed by atoms with Gasteiger partial charge in [0.25, 0.3) is 5.91 Å². The molecule has 8 heteroatoms. The van der Waals surface area contributed by atoms with Gasteiger partial charge in [0.05, 0.1) is 22.8 Å². The summed E-state index contributed by atoms with van der Waals surface area (Å²) in [5.74, 6) is -1.05. The molecule has 2 aromatic rings. The lowest BCUT2D eigenvalue weighted by Gasteiger charge is -2.06. The fraction of sp³-hybridized carbons (Fsp3) is 0.143. The van der Waals surface area contributed by atoms with E-state index in [1.807, 2.05) is 0 Å². The van der Waals surface area contributed by atoms with Crippen LogP contribution in [-0.2, 0) is 9.53 Å². The Morgan fingerprint density at radius 1 is 1.18 bits per heavy atom. The van der Waals surface area contributed by atoms with E-state index < -0.39 is 11.9 Å². The number of amides is 1. The third-order valence-corrected chi connectivity index (χ3v) is 3.48. The number of nitrogens with zero attached hydrogens (tertiary/aromatic N) is 2. The molecule has 1 N–H and O–H groups in total. The van der Waals surface area contributed by atoms with Crippen molar-refractivity contribution < 1.29 is 14.3 Å². The molecule has 6 nitrogen and oxygen atoms in total. The van der Waals surface area contributed by atoms with Gasteiger partial charge in [-0.15, -0.1) is 0 Å². The summed E-state index contributed by atoms with van der Waals surface area (Å²) in [6.45, 7) is -0.235. The molecule has 0 atom stereocenters. The maximum Gasteiger partial charge on any atom is 0.325 e. The van der Waals surface area contributed by atoms with Crippen LogP contribution in [0.4, 0.5) is 0 Å². The van der Waals surface area contributed by atoms with Crippen LogP contribution in [0.3, 0.4) is 0 Å². The number of halogens is 2. The van der Waals surface area contributed by atoms with E-state index in [0.29, 0.717) is 21.3 Å². The van der Waals surface area contributed by atoms with Crippen LogP contribution in [0.1, 0.15) is 10.5 Å². The van der Waals surface area contributed by atoms with Crippen LogP contribution in [0.25, 0.3) is 11.3 Å². The van der Waals surface area contributed by atoms with Gasteiger partial charge in [0.1, 0.15) is 18.6 Å². The summed E-state index contributed by atoms with van der Waals surface area (Å²) in [6, 6.07) is 6.50. The largest absolute Gasteiger partial charge is 0.468 e. The SMILES string of the molecule is COC(=O)CNC(=O)c1cc(-c2ccc(Cl)c(Cl)c2)ncn1. The molecule has 0 aliphatic carbocycles. The molecule has 0 saturated carbocycles. The van der Waals surface area contributed by atoms with Crippen molar-refractivity contribution in [1.82, 2.24) is 15.3 Å². The van der Waals surface area contributed by atoms with Crippen LogP contribution in [0.5, 0.6) is 0 Å². The molecule has 0 bridgehead atoms. The highest BCUT2D eigenvalue weighted by molar-refractivity contribution is 6.42. The first kappa shape index (κ1) is 16.2. The van der Waals surface area contributed by atoms with Gasteiger partial charge < -0.3 is 10.1 Å². The van der Waals surface area contributed by atoms with Crippen molar-refractivity contribution in [3.63, 3.8) is 0 Å². The van der Waals surface area contributed by atoms with Gasteiger partial charge >= 0.3 is 5.97 Å². The predicted molar refractivity (Wildman–Crippen MR) is 81.8 cm³/mol. The Morgan fingerprint density at radius 2 is 1.95 bits per heavy atom. The Bertz CT molecular complexity index is 722. The standard InChI is InChI=1S/C14H11Cl2N3O3/c1-22-13(20)6-17-14(21)12-5-11(18-7-19-12)8-2-3-9(15)10(16)4-8/h2-5,7H,6H2,1H3,(H,17,21). The average molecular weight is 340 g/mol. The summed E-state index contributed by atoms with van der Waals surface area (Å²) in [6.07, 6.45) is 1.25. The summed E-state index contributed by atoms with van der Waals surface area (Å²) >= 11 is 11.8. The monoisotopic (exact) mass is 339 g/mol. The minimum absolute atomic E-state index is 0.125. The highest BCUT2D eigenvalue weighted by atomic mass is 35.5. The third kappa shape index (κ3) is 3.93. The van der Waals surface area contributed by atoms with E-state index in [0.717, 1.165) is 0 Å². The minimum atomic E-state index is -0.549. The van der Waals surface area contributed by atoms with E-state index in [2.05, 4.69) is 20.0 Å². The van der Waals surface area contributed by atoms with Crippen LogP contribution < -0.4 is 5.32 Å². The number of rotatable bonds is 4.